The minimum absolute atomic E-state index is 0.0111. The molecular weight excluding hydrogens is 406 g/mol. The average molecular weight is 440 g/mol. The van der Waals surface area contributed by atoms with E-state index < -0.39 is 5.91 Å². The first-order valence-electron chi connectivity index (χ1n) is 10.7. The van der Waals surface area contributed by atoms with Crippen LogP contribution in [0.3, 0.4) is 0 Å². The lowest BCUT2D eigenvalue weighted by Crippen LogP contribution is -2.28. The van der Waals surface area contributed by atoms with Crippen molar-refractivity contribution in [1.29, 1.82) is 0 Å². The molecule has 0 radical (unpaired) electrons. The summed E-state index contributed by atoms with van der Waals surface area (Å²) in [5, 5.41) is 2.94. The molecule has 2 rings (SSSR count). The van der Waals surface area contributed by atoms with Crippen LogP contribution in [0.4, 0.5) is 0 Å². The molecule has 2 aromatic rings. The Bertz CT molecular complexity index is 910. The largest absolute Gasteiger partial charge is 0.493 e. The van der Waals surface area contributed by atoms with E-state index in [9.17, 15) is 9.59 Å². The predicted molar refractivity (Wildman–Crippen MR) is 127 cm³/mol. The molecule has 7 heteroatoms. The van der Waals surface area contributed by atoms with E-state index in [4.69, 9.17) is 15.2 Å². The van der Waals surface area contributed by atoms with Gasteiger partial charge in [-0.25, -0.2) is 0 Å². The lowest BCUT2D eigenvalue weighted by atomic mass is 10.1. The molecule has 0 aromatic heterocycles. The van der Waals surface area contributed by atoms with Gasteiger partial charge in [-0.1, -0.05) is 30.4 Å². The molecule has 0 atom stereocenters. The molecule has 0 saturated carbocycles. The van der Waals surface area contributed by atoms with Gasteiger partial charge in [0.05, 0.1) is 14.2 Å². The van der Waals surface area contributed by atoms with Crippen molar-refractivity contribution in [2.24, 2.45) is 5.73 Å². The van der Waals surface area contributed by atoms with Crippen LogP contribution in [0.5, 0.6) is 11.5 Å². The van der Waals surface area contributed by atoms with E-state index in [1.165, 1.54) is 5.56 Å². The van der Waals surface area contributed by atoms with Crippen molar-refractivity contribution in [1.82, 2.24) is 10.2 Å². The number of likely N-dealkylation sites (N-methyl/N-ethyl adjacent to an activating group) is 1. The van der Waals surface area contributed by atoms with E-state index in [0.717, 1.165) is 43.0 Å². The monoisotopic (exact) mass is 439 g/mol. The molecule has 7 nitrogen and oxygen atoms in total. The maximum atomic E-state index is 12.0. The highest BCUT2D eigenvalue weighted by atomic mass is 16.5. The van der Waals surface area contributed by atoms with Gasteiger partial charge in [0, 0.05) is 25.1 Å². The number of amides is 2. The normalized spacial score (nSPS) is 11.0. The second-order valence-corrected chi connectivity index (χ2v) is 7.54. The third-order valence-electron chi connectivity index (χ3n) is 5.08. The summed E-state index contributed by atoms with van der Waals surface area (Å²) >= 11 is 0. The number of hydrogen-bond acceptors (Lipinski definition) is 5. The Morgan fingerprint density at radius 1 is 1.03 bits per heavy atom. The molecule has 32 heavy (non-hydrogen) atoms. The molecule has 0 heterocycles. The topological polar surface area (TPSA) is 93.9 Å². The Hall–Kier alpha value is -3.32. The molecule has 172 valence electrons. The second kappa shape index (κ2) is 13.2. The van der Waals surface area contributed by atoms with Crippen molar-refractivity contribution in [3.63, 3.8) is 0 Å². The van der Waals surface area contributed by atoms with Crippen LogP contribution in [0.15, 0.2) is 48.5 Å². The minimum atomic E-state index is -0.452. The van der Waals surface area contributed by atoms with Crippen LogP contribution in [-0.2, 0) is 11.2 Å². The molecule has 0 saturated heterocycles. The summed E-state index contributed by atoms with van der Waals surface area (Å²) in [7, 11) is 5.35. The molecular formula is C25H33N3O4. The Morgan fingerprint density at radius 2 is 1.75 bits per heavy atom. The fourth-order valence-corrected chi connectivity index (χ4v) is 3.18. The van der Waals surface area contributed by atoms with E-state index in [0.29, 0.717) is 18.5 Å². The molecule has 0 bridgehead atoms. The second-order valence-electron chi connectivity index (χ2n) is 7.54. The smallest absolute Gasteiger partial charge is 0.248 e. The summed E-state index contributed by atoms with van der Waals surface area (Å²) in [4.78, 5) is 25.3. The summed E-state index contributed by atoms with van der Waals surface area (Å²) in [6.07, 6.45) is 5.77. The number of carbonyl (C=O) groups excluding carboxylic acids is 2. The summed E-state index contributed by atoms with van der Waals surface area (Å²) < 4.78 is 10.6. The average Bonchev–Trinajstić information content (AvgIpc) is 2.80. The maximum absolute atomic E-state index is 12.0. The highest BCUT2D eigenvalue weighted by molar-refractivity contribution is 5.92. The van der Waals surface area contributed by atoms with Gasteiger partial charge < -0.3 is 25.4 Å². The van der Waals surface area contributed by atoms with Gasteiger partial charge in [0.1, 0.15) is 0 Å². The lowest BCUT2D eigenvalue weighted by molar-refractivity contribution is -0.120. The van der Waals surface area contributed by atoms with Crippen molar-refractivity contribution in [3.8, 4) is 11.5 Å². The molecule has 2 amide bonds. The van der Waals surface area contributed by atoms with Gasteiger partial charge in [0.25, 0.3) is 0 Å². The molecule has 0 spiro atoms. The maximum Gasteiger partial charge on any atom is 0.248 e. The van der Waals surface area contributed by atoms with Gasteiger partial charge >= 0.3 is 0 Å². The van der Waals surface area contributed by atoms with Crippen molar-refractivity contribution < 1.29 is 19.1 Å². The SMILES string of the molecule is COc1ccc(CCN(C)CCCNC(=O)C/C=C/c2ccc(C(N)=O)cc2)cc1OC. The van der Waals surface area contributed by atoms with Gasteiger partial charge in [-0.05, 0) is 61.8 Å². The zero-order chi connectivity index (χ0) is 23.3. The van der Waals surface area contributed by atoms with Crippen LogP contribution in [0.1, 0.15) is 34.3 Å². The van der Waals surface area contributed by atoms with Crippen molar-refractivity contribution in [2.75, 3.05) is 40.9 Å². The van der Waals surface area contributed by atoms with Crippen LogP contribution in [0, 0.1) is 0 Å². The number of nitrogens with zero attached hydrogens (tertiary/aromatic N) is 1. The fraction of sp³-hybridized carbons (Fsp3) is 0.360. The Balaban J connectivity index is 1.62. The predicted octanol–water partition coefficient (Wildman–Crippen LogP) is 2.89. The van der Waals surface area contributed by atoms with Gasteiger partial charge in [0.2, 0.25) is 11.8 Å². The molecule has 0 aliphatic heterocycles. The van der Waals surface area contributed by atoms with Gasteiger partial charge in [0.15, 0.2) is 11.5 Å². The first-order chi connectivity index (χ1) is 15.4. The number of hydrogen-bond donors (Lipinski definition) is 2. The van der Waals surface area contributed by atoms with E-state index in [2.05, 4.69) is 23.3 Å². The molecule has 2 aromatic carbocycles. The van der Waals surface area contributed by atoms with Crippen LogP contribution in [0.25, 0.3) is 6.08 Å². The number of rotatable bonds is 13. The summed E-state index contributed by atoms with van der Waals surface area (Å²) in [5.74, 6) is 1.01. The Morgan fingerprint density at radius 3 is 2.41 bits per heavy atom. The van der Waals surface area contributed by atoms with Gasteiger partial charge in [-0.15, -0.1) is 0 Å². The van der Waals surface area contributed by atoms with Crippen LogP contribution < -0.4 is 20.5 Å². The zero-order valence-electron chi connectivity index (χ0n) is 19.1. The number of benzene rings is 2. The number of nitrogens with one attached hydrogen (secondary N) is 1. The number of primary amides is 1. The Labute approximate surface area is 190 Å². The van der Waals surface area contributed by atoms with Crippen LogP contribution >= 0.6 is 0 Å². The van der Waals surface area contributed by atoms with Gasteiger partial charge in [-0.2, -0.15) is 0 Å². The van der Waals surface area contributed by atoms with Crippen molar-refractivity contribution in [3.05, 3.63) is 65.2 Å². The van der Waals surface area contributed by atoms with E-state index in [-0.39, 0.29) is 5.91 Å². The Kier molecular flexibility index (Phi) is 10.3. The van der Waals surface area contributed by atoms with Crippen LogP contribution in [0.2, 0.25) is 0 Å². The number of nitrogens with two attached hydrogens (primary N) is 1. The number of ether oxygens (including phenoxy) is 2. The quantitative estimate of drug-likeness (QED) is 0.468. The third-order valence-corrected chi connectivity index (χ3v) is 5.08. The summed E-state index contributed by atoms with van der Waals surface area (Å²) in [6.45, 7) is 2.46. The summed E-state index contributed by atoms with van der Waals surface area (Å²) in [6, 6.07) is 12.9. The van der Waals surface area contributed by atoms with Gasteiger partial charge in [-0.3, -0.25) is 9.59 Å². The van der Waals surface area contributed by atoms with Crippen molar-refractivity contribution in [2.45, 2.75) is 19.3 Å². The molecule has 0 unspecified atom stereocenters. The highest BCUT2D eigenvalue weighted by Crippen LogP contribution is 2.27. The standard InChI is InChI=1S/C25H33N3O4/c1-28(17-14-20-10-13-22(31-2)23(18-20)32-3)16-5-15-27-24(29)7-4-6-19-8-11-21(12-9-19)25(26)30/h4,6,8-13,18H,5,7,14-17H2,1-3H3,(H2,26,30)(H,27,29)/b6-4+. The van der Waals surface area contributed by atoms with E-state index >= 15 is 0 Å². The summed E-state index contributed by atoms with van der Waals surface area (Å²) in [5.41, 5.74) is 7.80. The lowest BCUT2D eigenvalue weighted by Gasteiger charge is -2.17. The van der Waals surface area contributed by atoms with E-state index in [1.807, 2.05) is 24.3 Å². The van der Waals surface area contributed by atoms with Crippen LogP contribution in [-0.4, -0.2) is 57.6 Å². The first kappa shape index (κ1) is 24.9. The molecule has 0 aliphatic rings. The van der Waals surface area contributed by atoms with Crippen molar-refractivity contribution >= 4 is 17.9 Å². The minimum Gasteiger partial charge on any atom is -0.493 e. The number of carbonyl (C=O) groups is 2. The molecule has 0 fully saturated rings. The first-order valence-corrected chi connectivity index (χ1v) is 10.7. The molecule has 3 N–H and O–H groups in total. The fourth-order valence-electron chi connectivity index (χ4n) is 3.18. The highest BCUT2D eigenvalue weighted by Gasteiger charge is 2.06. The number of methoxy groups -OCH3 is 2. The van der Waals surface area contributed by atoms with E-state index in [1.54, 1.807) is 38.5 Å². The third kappa shape index (κ3) is 8.43. The zero-order valence-corrected chi connectivity index (χ0v) is 19.1. The molecule has 0 aliphatic carbocycles.